The first-order valence-electron chi connectivity index (χ1n) is 6.17. The summed E-state index contributed by atoms with van der Waals surface area (Å²) in [5.41, 5.74) is 3.76. The van der Waals surface area contributed by atoms with Gasteiger partial charge in [-0.05, 0) is 23.8 Å². The molecule has 1 aliphatic rings. The second-order valence-electron chi connectivity index (χ2n) is 4.82. The molecule has 106 valence electrons. The first kappa shape index (κ1) is 14.3. The minimum Gasteiger partial charge on any atom is -0.370 e. The van der Waals surface area contributed by atoms with Crippen LogP contribution in [0.25, 0.3) is 0 Å². The first-order valence-corrected chi connectivity index (χ1v) is 6.17. The van der Waals surface area contributed by atoms with Crippen LogP contribution in [-0.2, 0) is 4.74 Å². The number of alkyl halides is 3. The van der Waals surface area contributed by atoms with E-state index in [1.54, 1.807) is 0 Å². The third-order valence-corrected chi connectivity index (χ3v) is 3.36. The number of nitrogens with one attached hydrogen (secondary N) is 1. The van der Waals surface area contributed by atoms with E-state index in [2.05, 4.69) is 10.2 Å². The van der Waals surface area contributed by atoms with Crippen molar-refractivity contribution in [2.75, 3.05) is 13.2 Å². The quantitative estimate of drug-likeness (QED) is 0.617. The van der Waals surface area contributed by atoms with Crippen molar-refractivity contribution in [1.82, 2.24) is 5.43 Å². The fraction of sp³-hybridized carbons (Fsp3) is 0.538. The Hall–Kier alpha value is -1.11. The lowest BCUT2D eigenvalue weighted by Gasteiger charge is -2.17. The van der Waals surface area contributed by atoms with Gasteiger partial charge in [0, 0.05) is 6.04 Å². The van der Waals surface area contributed by atoms with Crippen molar-refractivity contribution in [1.29, 1.82) is 0 Å². The fourth-order valence-corrected chi connectivity index (χ4v) is 2.34. The van der Waals surface area contributed by atoms with Gasteiger partial charge in [0.1, 0.15) is 6.61 Å². The highest BCUT2D eigenvalue weighted by atomic mass is 19.4. The molecular weight excluding hydrogens is 257 g/mol. The molecule has 3 atom stereocenters. The van der Waals surface area contributed by atoms with Gasteiger partial charge in [-0.3, -0.25) is 11.3 Å². The molecule has 0 radical (unpaired) electrons. The highest BCUT2D eigenvalue weighted by molar-refractivity contribution is 5.26. The Labute approximate surface area is 109 Å². The highest BCUT2D eigenvalue weighted by Crippen LogP contribution is 2.49. The average Bonchev–Trinajstić information content (AvgIpc) is 3.15. The molecule has 3 unspecified atom stereocenters. The predicted octanol–water partition coefficient (Wildman–Crippen LogP) is 2.20. The van der Waals surface area contributed by atoms with E-state index in [0.29, 0.717) is 5.92 Å². The number of hydrogen-bond donors (Lipinski definition) is 2. The molecule has 1 aromatic carbocycles. The molecule has 3 N–H and O–H groups in total. The van der Waals surface area contributed by atoms with E-state index in [9.17, 15) is 13.2 Å². The number of nitrogens with two attached hydrogens (primary N) is 1. The molecule has 0 amide bonds. The van der Waals surface area contributed by atoms with Gasteiger partial charge in [0.15, 0.2) is 0 Å². The normalized spacial score (nSPS) is 24.2. The van der Waals surface area contributed by atoms with Crippen LogP contribution in [0.5, 0.6) is 0 Å². The molecule has 1 aliphatic carbocycles. The minimum absolute atomic E-state index is 0.0238. The summed E-state index contributed by atoms with van der Waals surface area (Å²) in [7, 11) is 0. The molecule has 1 saturated carbocycles. The molecule has 0 spiro atoms. The molecule has 19 heavy (non-hydrogen) atoms. The number of rotatable bonds is 6. The third kappa shape index (κ3) is 4.19. The van der Waals surface area contributed by atoms with Crippen LogP contribution >= 0.6 is 0 Å². The van der Waals surface area contributed by atoms with Gasteiger partial charge in [0.2, 0.25) is 0 Å². The maximum atomic E-state index is 12.0. The van der Waals surface area contributed by atoms with Crippen molar-refractivity contribution < 1.29 is 17.9 Å². The van der Waals surface area contributed by atoms with Crippen LogP contribution in [0.2, 0.25) is 0 Å². The van der Waals surface area contributed by atoms with Crippen molar-refractivity contribution in [2.24, 2.45) is 11.8 Å². The largest absolute Gasteiger partial charge is 0.411 e. The van der Waals surface area contributed by atoms with Crippen LogP contribution < -0.4 is 11.3 Å². The van der Waals surface area contributed by atoms with Crippen LogP contribution in [0.1, 0.15) is 17.9 Å². The number of halogens is 3. The molecule has 0 bridgehead atoms. The van der Waals surface area contributed by atoms with Crippen molar-refractivity contribution in [2.45, 2.75) is 24.6 Å². The van der Waals surface area contributed by atoms with Gasteiger partial charge in [-0.2, -0.15) is 13.2 Å². The molecule has 0 aromatic heterocycles. The summed E-state index contributed by atoms with van der Waals surface area (Å²) in [5.74, 6) is 5.99. The summed E-state index contributed by atoms with van der Waals surface area (Å²) in [6.07, 6.45) is -3.37. The summed E-state index contributed by atoms with van der Waals surface area (Å²) in [6, 6.07) is 9.65. The number of benzene rings is 1. The van der Waals surface area contributed by atoms with Gasteiger partial charge in [0.05, 0.1) is 6.61 Å². The van der Waals surface area contributed by atoms with Crippen LogP contribution in [-0.4, -0.2) is 25.4 Å². The Morgan fingerprint density at radius 3 is 2.58 bits per heavy atom. The zero-order valence-electron chi connectivity index (χ0n) is 10.4. The first-order chi connectivity index (χ1) is 9.01. The van der Waals surface area contributed by atoms with Crippen LogP contribution in [0.3, 0.4) is 0 Å². The second-order valence-corrected chi connectivity index (χ2v) is 4.82. The van der Waals surface area contributed by atoms with Crippen molar-refractivity contribution in [3.05, 3.63) is 35.9 Å². The van der Waals surface area contributed by atoms with Gasteiger partial charge < -0.3 is 4.74 Å². The van der Waals surface area contributed by atoms with Crippen LogP contribution in [0, 0.1) is 5.92 Å². The topological polar surface area (TPSA) is 47.3 Å². The van der Waals surface area contributed by atoms with Crippen LogP contribution in [0.15, 0.2) is 30.3 Å². The average molecular weight is 274 g/mol. The summed E-state index contributed by atoms with van der Waals surface area (Å²) >= 11 is 0. The lowest BCUT2D eigenvalue weighted by molar-refractivity contribution is -0.175. The lowest BCUT2D eigenvalue weighted by atomic mass is 10.1. The molecule has 0 saturated heterocycles. The standard InChI is InChI=1S/C13H17F3N2O/c14-13(15,16)8-19-7-12(18-17)11-6-10(11)9-4-2-1-3-5-9/h1-5,10-12,18H,6-8,17H2. The lowest BCUT2D eigenvalue weighted by Crippen LogP contribution is -2.41. The summed E-state index contributed by atoms with van der Waals surface area (Å²) in [5, 5.41) is 0. The fourth-order valence-electron chi connectivity index (χ4n) is 2.34. The number of hydrogen-bond acceptors (Lipinski definition) is 3. The molecule has 2 rings (SSSR count). The Kier molecular flexibility index (Phi) is 4.44. The molecule has 6 heteroatoms. The smallest absolute Gasteiger partial charge is 0.370 e. The van der Waals surface area contributed by atoms with E-state index >= 15 is 0 Å². The third-order valence-electron chi connectivity index (χ3n) is 3.36. The van der Waals surface area contributed by atoms with E-state index in [4.69, 9.17) is 5.84 Å². The van der Waals surface area contributed by atoms with Gasteiger partial charge in [-0.1, -0.05) is 30.3 Å². The van der Waals surface area contributed by atoms with Crippen molar-refractivity contribution in [3.8, 4) is 0 Å². The molecule has 1 fully saturated rings. The summed E-state index contributed by atoms with van der Waals surface area (Å²) in [6.45, 7) is -1.25. The van der Waals surface area contributed by atoms with E-state index in [1.807, 2.05) is 30.3 Å². The van der Waals surface area contributed by atoms with E-state index in [-0.39, 0.29) is 18.6 Å². The summed E-state index contributed by atoms with van der Waals surface area (Å²) in [4.78, 5) is 0. The van der Waals surface area contributed by atoms with E-state index in [0.717, 1.165) is 6.42 Å². The summed E-state index contributed by atoms with van der Waals surface area (Å²) < 4.78 is 40.6. The maximum absolute atomic E-state index is 12.0. The van der Waals surface area contributed by atoms with Crippen molar-refractivity contribution in [3.63, 3.8) is 0 Å². The number of hydrazine groups is 1. The monoisotopic (exact) mass is 274 g/mol. The Balaban J connectivity index is 1.81. The van der Waals surface area contributed by atoms with E-state index in [1.165, 1.54) is 5.56 Å². The SMILES string of the molecule is NNC(COCC(F)(F)F)C1CC1c1ccccc1. The van der Waals surface area contributed by atoms with Crippen molar-refractivity contribution >= 4 is 0 Å². The zero-order valence-corrected chi connectivity index (χ0v) is 10.4. The highest BCUT2D eigenvalue weighted by Gasteiger charge is 2.43. The second kappa shape index (κ2) is 5.90. The Bertz CT molecular complexity index is 397. The molecular formula is C13H17F3N2O. The molecule has 3 nitrogen and oxygen atoms in total. The Morgan fingerprint density at radius 1 is 1.32 bits per heavy atom. The zero-order chi connectivity index (χ0) is 13.9. The Morgan fingerprint density at radius 2 is 2.00 bits per heavy atom. The minimum atomic E-state index is -4.29. The van der Waals surface area contributed by atoms with Gasteiger partial charge in [0.25, 0.3) is 0 Å². The van der Waals surface area contributed by atoms with Gasteiger partial charge in [-0.25, -0.2) is 0 Å². The molecule has 0 aliphatic heterocycles. The number of ether oxygens (including phenoxy) is 1. The molecule has 0 heterocycles. The van der Waals surface area contributed by atoms with E-state index < -0.39 is 12.8 Å². The van der Waals surface area contributed by atoms with Gasteiger partial charge >= 0.3 is 6.18 Å². The molecule has 1 aromatic rings. The predicted molar refractivity (Wildman–Crippen MR) is 65.3 cm³/mol. The maximum Gasteiger partial charge on any atom is 0.411 e. The van der Waals surface area contributed by atoms with Crippen LogP contribution in [0.4, 0.5) is 13.2 Å². The van der Waals surface area contributed by atoms with Gasteiger partial charge in [-0.15, -0.1) is 0 Å².